The van der Waals surface area contributed by atoms with Crippen LogP contribution >= 0.6 is 0 Å². The maximum atomic E-state index is 10.2. The van der Waals surface area contributed by atoms with Crippen molar-refractivity contribution in [2.45, 2.75) is 83.8 Å². The van der Waals surface area contributed by atoms with Crippen LogP contribution in [0.4, 0.5) is 0 Å². The van der Waals surface area contributed by atoms with Crippen molar-refractivity contribution in [1.82, 2.24) is 0 Å². The van der Waals surface area contributed by atoms with Crippen LogP contribution in [-0.2, 0) is 0 Å². The lowest BCUT2D eigenvalue weighted by Crippen LogP contribution is -2.54. The van der Waals surface area contributed by atoms with Crippen LogP contribution in [0.25, 0.3) is 0 Å². The molecular formula is C26H37NO. The quantitative estimate of drug-likeness (QED) is 0.640. The summed E-state index contributed by atoms with van der Waals surface area (Å²) >= 11 is 0. The van der Waals surface area contributed by atoms with E-state index in [0.29, 0.717) is 16.9 Å². The number of rotatable bonds is 2. The van der Waals surface area contributed by atoms with Crippen LogP contribution in [0, 0.1) is 34.5 Å². The molecule has 1 aromatic carbocycles. The molecule has 0 amide bonds. The Kier molecular flexibility index (Phi) is 4.69. The Balaban J connectivity index is 1.36. The van der Waals surface area contributed by atoms with Gasteiger partial charge in [0, 0.05) is 6.21 Å². The molecule has 0 aliphatic heterocycles. The number of aliphatic hydroxyl groups excluding tert-OH is 1. The summed E-state index contributed by atoms with van der Waals surface area (Å²) in [4.78, 5) is 5.14. The molecule has 8 atom stereocenters. The summed E-state index contributed by atoms with van der Waals surface area (Å²) in [6.07, 6.45) is 13.6. The van der Waals surface area contributed by atoms with E-state index in [1.165, 1.54) is 50.5 Å². The molecule has 0 heterocycles. The molecule has 1 N–H and O–H groups in total. The summed E-state index contributed by atoms with van der Waals surface area (Å²) in [5.74, 6) is 3.39. The van der Waals surface area contributed by atoms with Gasteiger partial charge in [-0.15, -0.1) is 0 Å². The zero-order valence-electron chi connectivity index (χ0n) is 17.7. The van der Waals surface area contributed by atoms with E-state index >= 15 is 0 Å². The summed E-state index contributed by atoms with van der Waals surface area (Å²) in [5.41, 5.74) is 2.11. The summed E-state index contributed by atoms with van der Waals surface area (Å²) < 4.78 is 0. The summed E-state index contributed by atoms with van der Waals surface area (Å²) in [6, 6.07) is 11.1. The van der Waals surface area contributed by atoms with Crippen molar-refractivity contribution in [3.63, 3.8) is 0 Å². The third kappa shape index (κ3) is 2.90. The van der Waals surface area contributed by atoms with Crippen LogP contribution in [0.1, 0.15) is 77.2 Å². The Morgan fingerprint density at radius 2 is 1.64 bits per heavy atom. The maximum absolute atomic E-state index is 10.2. The third-order valence-corrected chi connectivity index (χ3v) is 9.79. The van der Waals surface area contributed by atoms with Crippen LogP contribution in [0.2, 0.25) is 0 Å². The highest BCUT2D eigenvalue weighted by molar-refractivity contribution is 5.79. The monoisotopic (exact) mass is 379 g/mol. The first kappa shape index (κ1) is 18.9. The van der Waals surface area contributed by atoms with Gasteiger partial charge in [-0.05, 0) is 97.9 Å². The fraction of sp³-hybridized carbons (Fsp3) is 0.731. The highest BCUT2D eigenvalue weighted by Gasteiger charge is 2.60. The van der Waals surface area contributed by atoms with Crippen molar-refractivity contribution in [3.05, 3.63) is 35.9 Å². The minimum atomic E-state index is -0.0355. The fourth-order valence-corrected chi connectivity index (χ4v) is 8.17. The first-order valence-corrected chi connectivity index (χ1v) is 11.8. The predicted octanol–water partition coefficient (Wildman–Crippen LogP) is 5.88. The molecule has 4 aliphatic rings. The Bertz CT molecular complexity index is 729. The van der Waals surface area contributed by atoms with E-state index in [1.54, 1.807) is 0 Å². The van der Waals surface area contributed by atoms with Gasteiger partial charge in [-0.3, -0.25) is 4.99 Å². The highest BCUT2D eigenvalue weighted by Crippen LogP contribution is 2.66. The fourth-order valence-electron chi connectivity index (χ4n) is 8.17. The van der Waals surface area contributed by atoms with Crippen molar-refractivity contribution in [2.75, 3.05) is 0 Å². The Morgan fingerprint density at radius 1 is 0.893 bits per heavy atom. The minimum Gasteiger partial charge on any atom is -0.393 e. The molecule has 2 heteroatoms. The molecule has 4 aliphatic carbocycles. The van der Waals surface area contributed by atoms with Gasteiger partial charge >= 0.3 is 0 Å². The van der Waals surface area contributed by atoms with Crippen molar-refractivity contribution in [2.24, 2.45) is 39.5 Å². The molecule has 0 aromatic heterocycles. The van der Waals surface area contributed by atoms with Crippen molar-refractivity contribution in [3.8, 4) is 0 Å². The Morgan fingerprint density at radius 3 is 2.46 bits per heavy atom. The number of hydrogen-bond donors (Lipinski definition) is 1. The lowest BCUT2D eigenvalue weighted by atomic mass is 9.45. The summed E-state index contributed by atoms with van der Waals surface area (Å²) in [5, 5.41) is 10.2. The van der Waals surface area contributed by atoms with Crippen LogP contribution < -0.4 is 0 Å². The van der Waals surface area contributed by atoms with E-state index in [0.717, 1.165) is 36.5 Å². The normalized spacial score (nSPS) is 48.1. The van der Waals surface area contributed by atoms with Crippen LogP contribution in [0.15, 0.2) is 35.3 Å². The van der Waals surface area contributed by atoms with Gasteiger partial charge in [0.25, 0.3) is 0 Å². The average molecular weight is 380 g/mol. The molecule has 152 valence electrons. The van der Waals surface area contributed by atoms with E-state index in [2.05, 4.69) is 50.4 Å². The molecule has 0 radical (unpaired) electrons. The van der Waals surface area contributed by atoms with E-state index in [4.69, 9.17) is 4.99 Å². The van der Waals surface area contributed by atoms with Crippen molar-refractivity contribution < 1.29 is 5.11 Å². The Labute approximate surface area is 170 Å². The summed E-state index contributed by atoms with van der Waals surface area (Å²) in [6.45, 7) is 5.15. The standard InChI is InChI=1S/C26H37NO/c1-25-14-12-20(28)16-19(25)8-9-21-22-10-11-24(26(22,2)15-13-23(21)25)27-17-18-6-4-3-5-7-18/h3-7,17,19-24,28H,8-16H2,1-2H3/t19-,20+,21-,22-,23-,24-,25-,26-/m0/s1. The summed E-state index contributed by atoms with van der Waals surface area (Å²) in [7, 11) is 0. The second kappa shape index (κ2) is 6.97. The van der Waals surface area contributed by atoms with Gasteiger partial charge < -0.3 is 5.11 Å². The van der Waals surface area contributed by atoms with Gasteiger partial charge in [-0.2, -0.15) is 0 Å². The van der Waals surface area contributed by atoms with Gasteiger partial charge in [0.15, 0.2) is 0 Å². The van der Waals surface area contributed by atoms with Crippen LogP contribution in [0.5, 0.6) is 0 Å². The molecule has 0 saturated heterocycles. The highest BCUT2D eigenvalue weighted by atomic mass is 16.3. The molecular weight excluding hydrogens is 342 g/mol. The number of nitrogens with zero attached hydrogens (tertiary/aromatic N) is 1. The van der Waals surface area contributed by atoms with Gasteiger partial charge in [0.1, 0.15) is 0 Å². The largest absolute Gasteiger partial charge is 0.393 e. The molecule has 1 aromatic rings. The molecule has 0 unspecified atom stereocenters. The number of benzene rings is 1. The molecule has 0 spiro atoms. The molecule has 4 fully saturated rings. The van der Waals surface area contributed by atoms with E-state index in [1.807, 2.05) is 0 Å². The SMILES string of the molecule is C[C@]12CC[C@@H](O)C[C@@H]1CC[C@@H]1[C@@H]2CC[C@]2(C)[C@@H](N=Cc3ccccc3)CC[C@@H]12. The number of fused-ring (bicyclic) bond motifs is 5. The molecule has 0 bridgehead atoms. The maximum Gasteiger partial charge on any atom is 0.0556 e. The lowest BCUT2D eigenvalue weighted by Gasteiger charge is -2.60. The topological polar surface area (TPSA) is 32.6 Å². The first-order valence-electron chi connectivity index (χ1n) is 11.8. The predicted molar refractivity (Wildman–Crippen MR) is 116 cm³/mol. The smallest absolute Gasteiger partial charge is 0.0556 e. The van der Waals surface area contributed by atoms with E-state index < -0.39 is 0 Å². The average Bonchev–Trinajstić information content (AvgIpc) is 3.04. The zero-order chi connectivity index (χ0) is 19.4. The van der Waals surface area contributed by atoms with Crippen molar-refractivity contribution >= 4 is 6.21 Å². The van der Waals surface area contributed by atoms with Crippen LogP contribution in [0.3, 0.4) is 0 Å². The van der Waals surface area contributed by atoms with Gasteiger partial charge in [0.2, 0.25) is 0 Å². The molecule has 2 nitrogen and oxygen atoms in total. The molecule has 5 rings (SSSR count). The van der Waals surface area contributed by atoms with Crippen LogP contribution in [-0.4, -0.2) is 23.5 Å². The second-order valence-corrected chi connectivity index (χ2v) is 10.9. The number of hydrogen-bond acceptors (Lipinski definition) is 2. The Hall–Kier alpha value is -1.15. The van der Waals surface area contributed by atoms with Crippen molar-refractivity contribution in [1.29, 1.82) is 0 Å². The third-order valence-electron chi connectivity index (χ3n) is 9.79. The molecule has 28 heavy (non-hydrogen) atoms. The van der Waals surface area contributed by atoms with E-state index in [9.17, 15) is 5.11 Å². The zero-order valence-corrected chi connectivity index (χ0v) is 17.7. The second-order valence-electron chi connectivity index (χ2n) is 10.9. The minimum absolute atomic E-state index is 0.0355. The first-order chi connectivity index (χ1) is 13.5. The van der Waals surface area contributed by atoms with Gasteiger partial charge in [0.05, 0.1) is 12.1 Å². The van der Waals surface area contributed by atoms with Gasteiger partial charge in [-0.25, -0.2) is 0 Å². The molecule has 4 saturated carbocycles. The lowest BCUT2D eigenvalue weighted by molar-refractivity contribution is -0.122. The number of aliphatic hydroxyl groups is 1. The van der Waals surface area contributed by atoms with Gasteiger partial charge in [-0.1, -0.05) is 44.2 Å². The van der Waals surface area contributed by atoms with E-state index in [-0.39, 0.29) is 6.10 Å². The number of aliphatic imine (C=N–C) groups is 1.